The summed E-state index contributed by atoms with van der Waals surface area (Å²) in [5.74, 6) is -3.78. The van der Waals surface area contributed by atoms with Gasteiger partial charge in [0.05, 0.1) is 32.5 Å². The monoisotopic (exact) mass is 1010 g/mol. The number of alkyl halides is 6. The molecule has 69 heavy (non-hydrogen) atoms. The first-order chi connectivity index (χ1) is 32.5. The summed E-state index contributed by atoms with van der Waals surface area (Å²) < 4.78 is 109. The van der Waals surface area contributed by atoms with Crippen molar-refractivity contribution in [2.75, 3.05) is 32.0 Å². The first kappa shape index (κ1) is 52.0. The molecule has 0 spiro atoms. The number of rotatable bonds is 14. The van der Waals surface area contributed by atoms with Gasteiger partial charge in [0.15, 0.2) is 23.0 Å². The zero-order valence-corrected chi connectivity index (χ0v) is 37.7. The van der Waals surface area contributed by atoms with E-state index in [1.165, 1.54) is 94.4 Å². The van der Waals surface area contributed by atoms with Crippen LogP contribution in [0.15, 0.2) is 97.3 Å². The second kappa shape index (κ2) is 22.2. The lowest BCUT2D eigenvalue weighted by atomic mass is 10.1. The van der Waals surface area contributed by atoms with Gasteiger partial charge < -0.3 is 49.5 Å². The van der Waals surface area contributed by atoms with Crippen LogP contribution in [0.4, 0.5) is 37.7 Å². The van der Waals surface area contributed by atoms with Crippen molar-refractivity contribution in [1.82, 2.24) is 9.97 Å². The van der Waals surface area contributed by atoms with Crippen LogP contribution in [0.5, 0.6) is 46.0 Å². The normalized spacial score (nSPS) is 11.0. The van der Waals surface area contributed by atoms with E-state index in [0.717, 1.165) is 24.3 Å². The molecule has 0 saturated carbocycles. The van der Waals surface area contributed by atoms with Gasteiger partial charge in [-0.15, -0.1) is 26.3 Å². The van der Waals surface area contributed by atoms with Crippen molar-refractivity contribution in [3.05, 3.63) is 141 Å². The number of halogens is 8. The second-order valence-electron chi connectivity index (χ2n) is 13.7. The van der Waals surface area contributed by atoms with E-state index < -0.39 is 47.9 Å². The van der Waals surface area contributed by atoms with E-state index in [2.05, 4.69) is 34.8 Å². The van der Waals surface area contributed by atoms with Crippen molar-refractivity contribution in [1.29, 1.82) is 0 Å². The Morgan fingerprint density at radius 2 is 0.942 bits per heavy atom. The van der Waals surface area contributed by atoms with E-state index in [-0.39, 0.29) is 72.7 Å². The number of primary amides is 1. The number of benzene rings is 4. The summed E-state index contributed by atoms with van der Waals surface area (Å²) in [6.45, 7) is 3.34. The number of anilines is 2. The molecule has 16 nitrogen and oxygen atoms in total. The highest BCUT2D eigenvalue weighted by Crippen LogP contribution is 2.40. The summed E-state index contributed by atoms with van der Waals surface area (Å²) >= 11 is 12.1. The lowest BCUT2D eigenvalue weighted by Crippen LogP contribution is -2.17. The molecule has 4 aromatic carbocycles. The Morgan fingerprint density at radius 1 is 0.551 bits per heavy atom. The van der Waals surface area contributed by atoms with Crippen molar-refractivity contribution in [3.8, 4) is 46.0 Å². The molecular formula is C45H35Cl2F6N5O11. The smallest absolute Gasteiger partial charge is 0.493 e. The van der Waals surface area contributed by atoms with Crippen LogP contribution in [0.25, 0.3) is 0 Å². The number of aromatic nitrogens is 2. The number of amides is 3. The minimum atomic E-state index is -4.88. The number of esters is 1. The first-order valence-electron chi connectivity index (χ1n) is 19.2. The van der Waals surface area contributed by atoms with Crippen LogP contribution >= 0.6 is 23.2 Å². The number of nitrogens with one attached hydrogen (secondary N) is 2. The van der Waals surface area contributed by atoms with Gasteiger partial charge in [0, 0.05) is 45.9 Å². The van der Waals surface area contributed by atoms with Crippen molar-refractivity contribution in [3.63, 3.8) is 0 Å². The average molecular weight is 1010 g/mol. The molecule has 0 radical (unpaired) electrons. The van der Waals surface area contributed by atoms with Crippen molar-refractivity contribution >= 4 is 58.3 Å². The number of carbonyl (C=O) groups is 4. The number of hydrogen-bond donors (Lipinski definition) is 3. The highest BCUT2D eigenvalue weighted by molar-refractivity contribution is 6.31. The van der Waals surface area contributed by atoms with Gasteiger partial charge in [0.2, 0.25) is 0 Å². The van der Waals surface area contributed by atoms with Gasteiger partial charge in [-0.1, -0.05) is 23.2 Å². The van der Waals surface area contributed by atoms with Gasteiger partial charge in [-0.3, -0.25) is 19.4 Å². The highest BCUT2D eigenvalue weighted by Gasteiger charge is 2.33. The summed E-state index contributed by atoms with van der Waals surface area (Å²) in [7, 11) is 3.67. The average Bonchev–Trinajstić information content (AvgIpc) is 3.28. The molecule has 6 aromatic rings. The predicted octanol–water partition coefficient (Wildman–Crippen LogP) is 10.9. The molecule has 2 heterocycles. The fourth-order valence-corrected chi connectivity index (χ4v) is 6.02. The van der Waals surface area contributed by atoms with E-state index in [4.69, 9.17) is 47.9 Å². The van der Waals surface area contributed by atoms with Crippen LogP contribution in [0.1, 0.15) is 52.8 Å². The SMILES string of the molecule is COC(=O)c1cc(NC(=O)c2cc(Cl)ccc2Oc2ccc(OC(F)(F)F)cc2OC)c(C)cn1.COc1cc(OC(F)(F)F)ccc1Oc1ccc(Cl)cc1C(=O)Nc1cc(C(N)=O)ncc1C. The number of carbonyl (C=O) groups excluding carboxylic acids is 4. The molecule has 0 aliphatic rings. The lowest BCUT2D eigenvalue weighted by Gasteiger charge is -2.16. The highest BCUT2D eigenvalue weighted by atomic mass is 35.5. The van der Waals surface area contributed by atoms with Gasteiger partial charge in [-0.25, -0.2) is 9.78 Å². The molecule has 0 unspecified atom stereocenters. The van der Waals surface area contributed by atoms with E-state index in [1.807, 2.05) is 0 Å². The van der Waals surface area contributed by atoms with Crippen LogP contribution in [-0.4, -0.2) is 67.7 Å². The molecule has 0 fully saturated rings. The summed E-state index contributed by atoms with van der Waals surface area (Å²) in [4.78, 5) is 57.1. The molecule has 362 valence electrons. The molecule has 0 aliphatic heterocycles. The topological polar surface area (TPSA) is 209 Å². The van der Waals surface area contributed by atoms with Crippen molar-refractivity contribution in [2.45, 2.75) is 26.6 Å². The van der Waals surface area contributed by atoms with Gasteiger partial charge >= 0.3 is 18.7 Å². The number of pyridine rings is 2. The quantitative estimate of drug-likeness (QED) is 0.0686. The zero-order valence-electron chi connectivity index (χ0n) is 36.2. The second-order valence-corrected chi connectivity index (χ2v) is 14.6. The van der Waals surface area contributed by atoms with Crippen LogP contribution in [0.2, 0.25) is 10.0 Å². The van der Waals surface area contributed by atoms with Gasteiger partial charge in [0.25, 0.3) is 17.7 Å². The number of ether oxygens (including phenoxy) is 7. The van der Waals surface area contributed by atoms with E-state index in [9.17, 15) is 45.5 Å². The van der Waals surface area contributed by atoms with Gasteiger partial charge in [-0.2, -0.15) is 0 Å². The van der Waals surface area contributed by atoms with E-state index >= 15 is 0 Å². The number of aryl methyl sites for hydroxylation is 2. The molecule has 3 amide bonds. The van der Waals surface area contributed by atoms with Crippen LogP contribution in [0.3, 0.4) is 0 Å². The molecule has 0 aliphatic carbocycles. The molecule has 0 saturated heterocycles. The summed E-state index contributed by atoms with van der Waals surface area (Å²) in [5, 5.41) is 5.75. The van der Waals surface area contributed by atoms with Gasteiger partial charge in [-0.05, 0) is 97.8 Å². The summed E-state index contributed by atoms with van der Waals surface area (Å²) in [5.41, 5.74) is 6.89. The fraction of sp³-hybridized carbons (Fsp3) is 0.156. The summed E-state index contributed by atoms with van der Waals surface area (Å²) in [6, 6.07) is 17.6. The molecule has 4 N–H and O–H groups in total. The number of nitrogens with zero attached hydrogens (tertiary/aromatic N) is 2. The molecule has 0 atom stereocenters. The first-order valence-corrected chi connectivity index (χ1v) is 20.0. The minimum absolute atomic E-state index is 0.00186. The largest absolute Gasteiger partial charge is 0.573 e. The Labute approximate surface area is 397 Å². The van der Waals surface area contributed by atoms with Gasteiger partial charge in [0.1, 0.15) is 34.4 Å². The Kier molecular flexibility index (Phi) is 16.7. The Bertz CT molecular complexity index is 2900. The number of nitrogens with two attached hydrogens (primary N) is 1. The third kappa shape index (κ3) is 14.5. The fourth-order valence-electron chi connectivity index (χ4n) is 5.68. The molecule has 0 bridgehead atoms. The maximum absolute atomic E-state index is 13.1. The Morgan fingerprint density at radius 3 is 1.32 bits per heavy atom. The standard InChI is InChI=1S/C23H18ClF3N2O6.C22H17ClF3N3O5/c1-12-11-28-17(22(31)33-3)10-16(12)29-21(30)15-8-13(24)4-6-18(15)34-19-7-5-14(9-20(19)32-2)35-23(25,26)27;1-11-10-28-16(20(27)30)9-15(11)29-21(31)14-7-12(23)3-5-17(14)33-18-6-4-13(8-19(18)32-2)34-22(24,25)26/h4-11H,1-3H3,(H,28,29,30);3-10H,1-2H3,(H2,27,30)(H,28,29,31). The lowest BCUT2D eigenvalue weighted by molar-refractivity contribution is -0.275. The summed E-state index contributed by atoms with van der Waals surface area (Å²) in [6.07, 6.45) is -6.99. The van der Waals surface area contributed by atoms with Crippen molar-refractivity contribution < 1.29 is 78.7 Å². The maximum Gasteiger partial charge on any atom is 0.573 e. The Balaban J connectivity index is 0.000000258. The Hall–Kier alpha value is -7.98. The molecule has 6 rings (SSSR count). The van der Waals surface area contributed by atoms with Crippen LogP contribution < -0.4 is 44.8 Å². The number of hydrogen-bond acceptors (Lipinski definition) is 13. The zero-order chi connectivity index (χ0) is 50.8. The minimum Gasteiger partial charge on any atom is -0.493 e. The van der Waals surface area contributed by atoms with E-state index in [1.54, 1.807) is 13.8 Å². The van der Waals surface area contributed by atoms with Crippen LogP contribution in [-0.2, 0) is 4.74 Å². The van der Waals surface area contributed by atoms with Crippen molar-refractivity contribution in [2.24, 2.45) is 5.73 Å². The molecular weight excluding hydrogens is 971 g/mol. The number of methoxy groups -OCH3 is 3. The molecule has 24 heteroatoms. The van der Waals surface area contributed by atoms with E-state index in [0.29, 0.717) is 16.8 Å². The third-order valence-corrected chi connectivity index (χ3v) is 9.37. The maximum atomic E-state index is 13.1. The third-order valence-electron chi connectivity index (χ3n) is 8.90. The predicted molar refractivity (Wildman–Crippen MR) is 236 cm³/mol. The molecule has 2 aromatic heterocycles. The van der Waals surface area contributed by atoms with Crippen LogP contribution in [0, 0.1) is 13.8 Å².